The number of nitrogens with zero attached hydrogens (tertiary/aromatic N) is 2. The Labute approximate surface area is 119 Å². The van der Waals surface area contributed by atoms with Crippen LogP contribution < -0.4 is 5.32 Å². The van der Waals surface area contributed by atoms with E-state index in [1.807, 2.05) is 27.0 Å². The predicted molar refractivity (Wildman–Crippen MR) is 80.3 cm³/mol. The Morgan fingerprint density at radius 2 is 1.85 bits per heavy atom. The number of hydrogen-bond donors (Lipinski definition) is 1. The fraction of sp³-hybridized carbons (Fsp3) is 0.375. The SMILES string of the molecule is Cc1ccc(-c2cnn(CC(=O)NC(C)(C)C)c2)cc1. The molecule has 20 heavy (non-hydrogen) atoms. The molecule has 1 aromatic heterocycles. The van der Waals surface area contributed by atoms with Gasteiger partial charge in [0.05, 0.1) is 6.20 Å². The first kappa shape index (κ1) is 14.3. The van der Waals surface area contributed by atoms with Gasteiger partial charge in [-0.3, -0.25) is 9.48 Å². The predicted octanol–water partition coefficient (Wildman–Crippen LogP) is 2.77. The largest absolute Gasteiger partial charge is 0.350 e. The number of hydrogen-bond acceptors (Lipinski definition) is 2. The van der Waals surface area contributed by atoms with E-state index in [4.69, 9.17) is 0 Å². The lowest BCUT2D eigenvalue weighted by atomic mass is 10.1. The van der Waals surface area contributed by atoms with Gasteiger partial charge in [0, 0.05) is 17.3 Å². The third-order valence-electron chi connectivity index (χ3n) is 2.84. The van der Waals surface area contributed by atoms with Gasteiger partial charge < -0.3 is 5.32 Å². The summed E-state index contributed by atoms with van der Waals surface area (Å²) in [6, 6.07) is 8.26. The number of aryl methyl sites for hydroxylation is 1. The maximum atomic E-state index is 11.8. The lowest BCUT2D eigenvalue weighted by molar-refractivity contribution is -0.123. The molecule has 4 heteroatoms. The molecule has 1 N–H and O–H groups in total. The van der Waals surface area contributed by atoms with Gasteiger partial charge in [-0.15, -0.1) is 0 Å². The van der Waals surface area contributed by atoms with Crippen LogP contribution >= 0.6 is 0 Å². The van der Waals surface area contributed by atoms with Crippen molar-refractivity contribution >= 4 is 5.91 Å². The topological polar surface area (TPSA) is 46.9 Å². The maximum Gasteiger partial charge on any atom is 0.242 e. The second-order valence-corrected chi connectivity index (χ2v) is 6.09. The molecule has 0 saturated carbocycles. The highest BCUT2D eigenvalue weighted by Gasteiger charge is 2.14. The van der Waals surface area contributed by atoms with Crippen LogP contribution in [0.3, 0.4) is 0 Å². The molecule has 0 spiro atoms. The van der Waals surface area contributed by atoms with E-state index in [2.05, 4.69) is 41.6 Å². The third kappa shape index (κ3) is 3.95. The van der Waals surface area contributed by atoms with Crippen LogP contribution in [0.5, 0.6) is 0 Å². The highest BCUT2D eigenvalue weighted by molar-refractivity contribution is 5.76. The smallest absolute Gasteiger partial charge is 0.242 e. The maximum absolute atomic E-state index is 11.8. The summed E-state index contributed by atoms with van der Waals surface area (Å²) < 4.78 is 1.66. The Morgan fingerprint density at radius 3 is 2.45 bits per heavy atom. The molecule has 1 aromatic carbocycles. The van der Waals surface area contributed by atoms with Crippen molar-refractivity contribution in [3.63, 3.8) is 0 Å². The normalized spacial score (nSPS) is 11.4. The first-order valence-electron chi connectivity index (χ1n) is 6.74. The molecular weight excluding hydrogens is 250 g/mol. The van der Waals surface area contributed by atoms with Crippen LogP contribution in [0.4, 0.5) is 0 Å². The molecule has 2 aromatic rings. The van der Waals surface area contributed by atoms with E-state index in [0.717, 1.165) is 11.1 Å². The monoisotopic (exact) mass is 271 g/mol. The molecule has 0 aliphatic carbocycles. The van der Waals surface area contributed by atoms with Crippen molar-refractivity contribution < 1.29 is 4.79 Å². The van der Waals surface area contributed by atoms with E-state index in [1.165, 1.54) is 5.56 Å². The number of nitrogens with one attached hydrogen (secondary N) is 1. The molecule has 0 fully saturated rings. The molecule has 0 radical (unpaired) electrons. The van der Waals surface area contributed by atoms with Crippen LogP contribution in [0, 0.1) is 6.92 Å². The Kier molecular flexibility index (Phi) is 3.93. The summed E-state index contributed by atoms with van der Waals surface area (Å²) in [6.45, 7) is 8.19. The Morgan fingerprint density at radius 1 is 1.20 bits per heavy atom. The number of amides is 1. The summed E-state index contributed by atoms with van der Waals surface area (Å²) in [4.78, 5) is 11.8. The van der Waals surface area contributed by atoms with Gasteiger partial charge in [0.15, 0.2) is 0 Å². The Bertz CT molecular complexity index is 591. The highest BCUT2D eigenvalue weighted by atomic mass is 16.2. The zero-order valence-corrected chi connectivity index (χ0v) is 12.5. The first-order valence-corrected chi connectivity index (χ1v) is 6.74. The molecule has 0 atom stereocenters. The van der Waals surface area contributed by atoms with E-state index in [1.54, 1.807) is 10.9 Å². The molecule has 1 heterocycles. The minimum atomic E-state index is -0.218. The molecule has 1 amide bonds. The zero-order valence-electron chi connectivity index (χ0n) is 12.5. The van der Waals surface area contributed by atoms with Gasteiger partial charge in [-0.1, -0.05) is 29.8 Å². The van der Waals surface area contributed by atoms with Gasteiger partial charge in [0.2, 0.25) is 5.91 Å². The standard InChI is InChI=1S/C16H21N3O/c1-12-5-7-13(8-6-12)14-9-17-19(10-14)11-15(20)18-16(2,3)4/h5-10H,11H2,1-4H3,(H,18,20). The van der Waals surface area contributed by atoms with Crippen LogP contribution in [0.15, 0.2) is 36.7 Å². The number of benzene rings is 1. The second kappa shape index (κ2) is 5.49. The van der Waals surface area contributed by atoms with E-state index in [-0.39, 0.29) is 18.0 Å². The molecule has 4 nitrogen and oxygen atoms in total. The quantitative estimate of drug-likeness (QED) is 0.933. The van der Waals surface area contributed by atoms with Crippen molar-refractivity contribution in [2.45, 2.75) is 39.8 Å². The number of carbonyl (C=O) groups excluding carboxylic acids is 1. The zero-order chi connectivity index (χ0) is 14.8. The summed E-state index contributed by atoms with van der Waals surface area (Å²) in [7, 11) is 0. The third-order valence-corrected chi connectivity index (χ3v) is 2.84. The Hall–Kier alpha value is -2.10. The van der Waals surface area contributed by atoms with Crippen LogP contribution in [0.25, 0.3) is 11.1 Å². The summed E-state index contributed by atoms with van der Waals surface area (Å²) >= 11 is 0. The van der Waals surface area contributed by atoms with E-state index < -0.39 is 0 Å². The summed E-state index contributed by atoms with van der Waals surface area (Å²) in [5.41, 5.74) is 3.14. The molecule has 0 bridgehead atoms. The van der Waals surface area contributed by atoms with Gasteiger partial charge in [-0.2, -0.15) is 5.10 Å². The molecule has 106 valence electrons. The summed E-state index contributed by atoms with van der Waals surface area (Å²) in [5, 5.41) is 7.17. The van der Waals surface area contributed by atoms with Gasteiger partial charge in [-0.05, 0) is 33.3 Å². The van der Waals surface area contributed by atoms with Crippen LogP contribution in [-0.2, 0) is 11.3 Å². The molecule has 0 aliphatic rings. The molecule has 0 saturated heterocycles. The van der Waals surface area contributed by atoms with Gasteiger partial charge in [0.1, 0.15) is 6.54 Å². The van der Waals surface area contributed by atoms with Gasteiger partial charge in [-0.25, -0.2) is 0 Å². The lowest BCUT2D eigenvalue weighted by Crippen LogP contribution is -2.42. The van der Waals surface area contributed by atoms with Crippen molar-refractivity contribution in [2.75, 3.05) is 0 Å². The van der Waals surface area contributed by atoms with Crippen molar-refractivity contribution in [1.29, 1.82) is 0 Å². The number of carbonyl (C=O) groups is 1. The van der Waals surface area contributed by atoms with Crippen LogP contribution in [0.2, 0.25) is 0 Å². The molecule has 0 unspecified atom stereocenters. The van der Waals surface area contributed by atoms with Crippen molar-refractivity contribution in [2.24, 2.45) is 0 Å². The highest BCUT2D eigenvalue weighted by Crippen LogP contribution is 2.18. The van der Waals surface area contributed by atoms with E-state index in [0.29, 0.717) is 0 Å². The van der Waals surface area contributed by atoms with Crippen molar-refractivity contribution in [3.05, 3.63) is 42.2 Å². The average molecular weight is 271 g/mol. The van der Waals surface area contributed by atoms with Gasteiger partial charge in [0.25, 0.3) is 0 Å². The minimum absolute atomic E-state index is 0.0314. The number of aromatic nitrogens is 2. The van der Waals surface area contributed by atoms with Crippen LogP contribution in [0.1, 0.15) is 26.3 Å². The second-order valence-electron chi connectivity index (χ2n) is 6.09. The molecule has 0 aliphatic heterocycles. The van der Waals surface area contributed by atoms with E-state index in [9.17, 15) is 4.79 Å². The van der Waals surface area contributed by atoms with Crippen LogP contribution in [-0.4, -0.2) is 21.2 Å². The van der Waals surface area contributed by atoms with Crippen molar-refractivity contribution in [1.82, 2.24) is 15.1 Å². The first-order chi connectivity index (χ1) is 9.33. The molecular formula is C16H21N3O. The summed E-state index contributed by atoms with van der Waals surface area (Å²) in [6.07, 6.45) is 3.68. The van der Waals surface area contributed by atoms with Crippen molar-refractivity contribution in [3.8, 4) is 11.1 Å². The van der Waals surface area contributed by atoms with Gasteiger partial charge >= 0.3 is 0 Å². The van der Waals surface area contributed by atoms with E-state index >= 15 is 0 Å². The minimum Gasteiger partial charge on any atom is -0.350 e. The fourth-order valence-electron chi connectivity index (χ4n) is 1.95. The summed E-state index contributed by atoms with van der Waals surface area (Å²) in [5.74, 6) is -0.0314. The Balaban J connectivity index is 2.06. The average Bonchev–Trinajstić information content (AvgIpc) is 2.75. The lowest BCUT2D eigenvalue weighted by Gasteiger charge is -2.20. The fourth-order valence-corrected chi connectivity index (χ4v) is 1.95. The molecule has 2 rings (SSSR count). The number of rotatable bonds is 3.